The van der Waals surface area contributed by atoms with E-state index in [-0.39, 0.29) is 0 Å². The van der Waals surface area contributed by atoms with Crippen molar-refractivity contribution in [3.8, 4) is 17.3 Å². The van der Waals surface area contributed by atoms with E-state index in [0.717, 1.165) is 21.8 Å². The number of nitrogens with zero attached hydrogens (tertiary/aromatic N) is 3. The van der Waals surface area contributed by atoms with Gasteiger partial charge in [0.1, 0.15) is 16.2 Å². The molecule has 3 rings (SSSR count). The highest BCUT2D eigenvalue weighted by atomic mass is 35.5. The van der Waals surface area contributed by atoms with Gasteiger partial charge in [0.2, 0.25) is 0 Å². The Hall–Kier alpha value is -2.35. The van der Waals surface area contributed by atoms with Crippen LogP contribution in [-0.2, 0) is 5.75 Å². The van der Waals surface area contributed by atoms with Crippen LogP contribution in [0.2, 0.25) is 5.15 Å². The van der Waals surface area contributed by atoms with E-state index in [2.05, 4.69) is 16.0 Å². The molecule has 0 atom stereocenters. The SMILES string of the molecule is N#Cc1ccc(-c2ccccc2)nc1SCc1ccc(Cl)nc1. The lowest BCUT2D eigenvalue weighted by Crippen LogP contribution is -1.92. The average molecular weight is 338 g/mol. The smallest absolute Gasteiger partial charge is 0.129 e. The molecule has 0 aliphatic heterocycles. The van der Waals surface area contributed by atoms with E-state index in [1.54, 1.807) is 12.3 Å². The van der Waals surface area contributed by atoms with Crippen molar-refractivity contribution in [2.24, 2.45) is 0 Å². The van der Waals surface area contributed by atoms with E-state index in [1.165, 1.54) is 11.8 Å². The van der Waals surface area contributed by atoms with Crippen LogP contribution in [0.3, 0.4) is 0 Å². The monoisotopic (exact) mass is 337 g/mol. The predicted molar refractivity (Wildman–Crippen MR) is 93.2 cm³/mol. The lowest BCUT2D eigenvalue weighted by molar-refractivity contribution is 1.11. The first-order chi connectivity index (χ1) is 11.3. The molecule has 0 unspecified atom stereocenters. The summed E-state index contributed by atoms with van der Waals surface area (Å²) >= 11 is 7.31. The number of aromatic nitrogens is 2. The van der Waals surface area contributed by atoms with Crippen LogP contribution in [0.5, 0.6) is 0 Å². The summed E-state index contributed by atoms with van der Waals surface area (Å²) in [5.41, 5.74) is 3.51. The van der Waals surface area contributed by atoms with Crippen molar-refractivity contribution in [2.75, 3.05) is 0 Å². The molecule has 2 heterocycles. The molecule has 3 aromatic rings. The van der Waals surface area contributed by atoms with Crippen LogP contribution in [0.4, 0.5) is 0 Å². The van der Waals surface area contributed by atoms with E-state index in [4.69, 9.17) is 11.6 Å². The van der Waals surface area contributed by atoms with Crippen molar-refractivity contribution in [3.05, 3.63) is 77.1 Å². The van der Waals surface area contributed by atoms with Crippen LogP contribution in [0, 0.1) is 11.3 Å². The van der Waals surface area contributed by atoms with Crippen molar-refractivity contribution in [1.82, 2.24) is 9.97 Å². The standard InChI is InChI=1S/C18H12ClN3S/c19-17-9-6-13(11-21-17)12-23-18-15(10-20)7-8-16(22-18)14-4-2-1-3-5-14/h1-9,11H,12H2. The number of benzene rings is 1. The van der Waals surface area contributed by atoms with Crippen molar-refractivity contribution >= 4 is 23.4 Å². The maximum atomic E-state index is 9.28. The molecule has 0 spiro atoms. The Labute approximate surface area is 144 Å². The zero-order chi connectivity index (χ0) is 16.1. The van der Waals surface area contributed by atoms with Crippen molar-refractivity contribution in [1.29, 1.82) is 5.26 Å². The third kappa shape index (κ3) is 3.89. The third-order valence-corrected chi connectivity index (χ3v) is 4.50. The molecule has 0 bridgehead atoms. The van der Waals surface area contributed by atoms with E-state index in [9.17, 15) is 5.26 Å². The second-order valence-electron chi connectivity index (χ2n) is 4.80. The Kier molecular flexibility index (Phi) is 4.92. The topological polar surface area (TPSA) is 49.6 Å². The first-order valence-corrected chi connectivity index (χ1v) is 8.32. The highest BCUT2D eigenvalue weighted by molar-refractivity contribution is 7.98. The maximum absolute atomic E-state index is 9.28. The molecule has 5 heteroatoms. The number of hydrogen-bond donors (Lipinski definition) is 0. The third-order valence-electron chi connectivity index (χ3n) is 3.21. The molecule has 3 nitrogen and oxygen atoms in total. The molecule has 0 amide bonds. The van der Waals surface area contributed by atoms with Gasteiger partial charge < -0.3 is 0 Å². The molecule has 112 valence electrons. The van der Waals surface area contributed by atoms with E-state index in [1.807, 2.05) is 48.5 Å². The summed E-state index contributed by atoms with van der Waals surface area (Å²) in [5, 5.41) is 10.5. The fourth-order valence-corrected chi connectivity index (χ4v) is 3.07. The minimum absolute atomic E-state index is 0.473. The lowest BCUT2D eigenvalue weighted by atomic mass is 10.1. The van der Waals surface area contributed by atoms with Crippen molar-refractivity contribution in [3.63, 3.8) is 0 Å². The van der Waals surface area contributed by atoms with Crippen molar-refractivity contribution < 1.29 is 0 Å². The number of halogens is 1. The lowest BCUT2D eigenvalue weighted by Gasteiger charge is -2.07. The normalized spacial score (nSPS) is 10.3. The van der Waals surface area contributed by atoms with Gasteiger partial charge in [0.25, 0.3) is 0 Å². The Morgan fingerprint density at radius 2 is 1.87 bits per heavy atom. The zero-order valence-corrected chi connectivity index (χ0v) is 13.7. The highest BCUT2D eigenvalue weighted by Crippen LogP contribution is 2.27. The summed E-state index contributed by atoms with van der Waals surface area (Å²) in [4.78, 5) is 8.71. The molecule has 0 N–H and O–H groups in total. The number of nitriles is 1. The minimum atomic E-state index is 0.473. The van der Waals surface area contributed by atoms with Gasteiger partial charge in [-0.3, -0.25) is 0 Å². The highest BCUT2D eigenvalue weighted by Gasteiger charge is 2.08. The van der Waals surface area contributed by atoms with E-state index >= 15 is 0 Å². The minimum Gasteiger partial charge on any atom is -0.244 e. The summed E-state index contributed by atoms with van der Waals surface area (Å²) in [5.74, 6) is 0.685. The number of rotatable bonds is 4. The summed E-state index contributed by atoms with van der Waals surface area (Å²) in [7, 11) is 0. The van der Waals surface area contributed by atoms with Gasteiger partial charge in [-0.1, -0.05) is 48.0 Å². The van der Waals surface area contributed by atoms with Gasteiger partial charge in [-0.2, -0.15) is 5.26 Å². The van der Waals surface area contributed by atoms with Crippen LogP contribution >= 0.6 is 23.4 Å². The Morgan fingerprint density at radius 3 is 2.57 bits per heavy atom. The van der Waals surface area contributed by atoms with Gasteiger partial charge in [0.15, 0.2) is 0 Å². The summed E-state index contributed by atoms with van der Waals surface area (Å²) in [6.45, 7) is 0. The molecule has 1 aromatic carbocycles. The number of pyridine rings is 2. The van der Waals surface area contributed by atoms with Crippen LogP contribution in [0.25, 0.3) is 11.3 Å². The fraction of sp³-hybridized carbons (Fsp3) is 0.0556. The molecule has 0 saturated carbocycles. The van der Waals surface area contributed by atoms with Gasteiger partial charge >= 0.3 is 0 Å². The molecule has 23 heavy (non-hydrogen) atoms. The van der Waals surface area contributed by atoms with Gasteiger partial charge in [-0.15, -0.1) is 11.8 Å². The van der Waals surface area contributed by atoms with Crippen LogP contribution in [0.1, 0.15) is 11.1 Å². The Bertz CT molecular complexity index is 842. The molecule has 0 saturated heterocycles. The maximum Gasteiger partial charge on any atom is 0.129 e. The predicted octanol–water partition coefficient (Wildman–Crippen LogP) is 4.96. The molecule has 0 aliphatic rings. The second-order valence-corrected chi connectivity index (χ2v) is 6.16. The number of hydrogen-bond acceptors (Lipinski definition) is 4. The van der Waals surface area contributed by atoms with E-state index < -0.39 is 0 Å². The summed E-state index contributed by atoms with van der Waals surface area (Å²) in [6.07, 6.45) is 1.74. The average Bonchev–Trinajstić information content (AvgIpc) is 2.62. The number of thioether (sulfide) groups is 1. The molecule has 0 aliphatic carbocycles. The van der Waals surface area contributed by atoms with Gasteiger partial charge in [-0.25, -0.2) is 9.97 Å². The second kappa shape index (κ2) is 7.28. The van der Waals surface area contributed by atoms with Crippen molar-refractivity contribution in [2.45, 2.75) is 10.8 Å². The first-order valence-electron chi connectivity index (χ1n) is 6.96. The van der Waals surface area contributed by atoms with Crippen LogP contribution in [0.15, 0.2) is 65.8 Å². The van der Waals surface area contributed by atoms with Gasteiger partial charge in [-0.05, 0) is 23.8 Å². The fourth-order valence-electron chi connectivity index (χ4n) is 2.05. The van der Waals surface area contributed by atoms with E-state index in [0.29, 0.717) is 16.5 Å². The Balaban J connectivity index is 1.85. The Morgan fingerprint density at radius 1 is 1.04 bits per heavy atom. The largest absolute Gasteiger partial charge is 0.244 e. The summed E-state index contributed by atoms with van der Waals surface area (Å²) in [6, 6.07) is 19.5. The van der Waals surface area contributed by atoms with Crippen LogP contribution in [-0.4, -0.2) is 9.97 Å². The first kappa shape index (κ1) is 15.5. The molecule has 0 radical (unpaired) electrons. The zero-order valence-electron chi connectivity index (χ0n) is 12.1. The van der Waals surface area contributed by atoms with Gasteiger partial charge in [0.05, 0.1) is 11.3 Å². The van der Waals surface area contributed by atoms with Crippen LogP contribution < -0.4 is 0 Å². The summed E-state index contributed by atoms with van der Waals surface area (Å²) < 4.78 is 0. The quantitative estimate of drug-likeness (QED) is 0.498. The molecular weight excluding hydrogens is 326 g/mol. The van der Waals surface area contributed by atoms with Gasteiger partial charge in [0, 0.05) is 17.5 Å². The molecule has 0 fully saturated rings. The molecule has 2 aromatic heterocycles. The molecular formula is C18H12ClN3S.